The van der Waals surface area contributed by atoms with Crippen molar-refractivity contribution in [3.05, 3.63) is 29.8 Å². The number of ether oxygens (including phenoxy) is 1. The number of amidine groups is 1. The van der Waals surface area contributed by atoms with Gasteiger partial charge in [0.05, 0.1) is 31.3 Å². The van der Waals surface area contributed by atoms with Crippen molar-refractivity contribution >= 4 is 11.7 Å². The fourth-order valence-electron chi connectivity index (χ4n) is 3.53. The second-order valence-corrected chi connectivity index (χ2v) is 5.73. The number of rotatable bonds is 2. The number of para-hydroxylation sites is 1. The Morgan fingerprint density at radius 3 is 2.76 bits per heavy atom. The second kappa shape index (κ2) is 6.17. The average Bonchev–Trinajstić information content (AvgIpc) is 2.55. The maximum atomic E-state index is 9.26. The topological polar surface area (TPSA) is 48.6 Å². The van der Waals surface area contributed by atoms with Crippen molar-refractivity contribution < 1.29 is 4.74 Å². The molecule has 110 valence electrons. The van der Waals surface area contributed by atoms with Crippen LogP contribution in [0.15, 0.2) is 29.3 Å². The molecule has 1 unspecified atom stereocenters. The third kappa shape index (κ3) is 2.61. The van der Waals surface area contributed by atoms with Crippen molar-refractivity contribution in [3.63, 3.8) is 0 Å². The first kappa shape index (κ1) is 13.9. The van der Waals surface area contributed by atoms with E-state index in [1.165, 1.54) is 19.3 Å². The number of nitrogens with zero attached hydrogens (tertiary/aromatic N) is 3. The van der Waals surface area contributed by atoms with Gasteiger partial charge in [-0.25, -0.2) is 0 Å². The smallest absolute Gasteiger partial charge is 0.293 e. The molecule has 1 saturated carbocycles. The minimum absolute atomic E-state index is 0.0572. The van der Waals surface area contributed by atoms with Crippen LogP contribution in [0.2, 0.25) is 0 Å². The van der Waals surface area contributed by atoms with Gasteiger partial charge in [0.15, 0.2) is 0 Å². The minimum Gasteiger partial charge on any atom is -0.468 e. The van der Waals surface area contributed by atoms with Gasteiger partial charge in [-0.3, -0.25) is 0 Å². The van der Waals surface area contributed by atoms with Crippen LogP contribution < -0.4 is 0 Å². The standard InChI is InChI=1S/C17H21N3O/c1-21-17-19-15-10-6-5-9-14(15)16(11-12-18)20(17)13-7-3-2-4-8-13/h5-6,9-10,13,16H,2-4,7-8,11H2,1H3. The molecule has 3 rings (SSSR count). The Labute approximate surface area is 126 Å². The summed E-state index contributed by atoms with van der Waals surface area (Å²) in [6.45, 7) is 0. The summed E-state index contributed by atoms with van der Waals surface area (Å²) in [5.41, 5.74) is 2.08. The quantitative estimate of drug-likeness (QED) is 0.826. The predicted molar refractivity (Wildman–Crippen MR) is 82.2 cm³/mol. The summed E-state index contributed by atoms with van der Waals surface area (Å²) in [6, 6.07) is 11.6. The molecule has 1 aliphatic heterocycles. The van der Waals surface area contributed by atoms with Crippen LogP contribution in [0.1, 0.15) is 50.1 Å². The van der Waals surface area contributed by atoms with E-state index in [9.17, 15) is 5.26 Å². The number of fused-ring (bicyclic) bond motifs is 1. The molecule has 1 aromatic rings. The number of hydrogen-bond donors (Lipinski definition) is 0. The number of nitriles is 1. The highest BCUT2D eigenvalue weighted by molar-refractivity contribution is 5.81. The normalized spacial score (nSPS) is 22.2. The van der Waals surface area contributed by atoms with E-state index in [4.69, 9.17) is 4.74 Å². The molecule has 21 heavy (non-hydrogen) atoms. The third-order valence-corrected chi connectivity index (χ3v) is 4.50. The summed E-state index contributed by atoms with van der Waals surface area (Å²) in [5.74, 6) is 0. The highest BCUT2D eigenvalue weighted by Crippen LogP contribution is 2.40. The molecule has 4 heteroatoms. The second-order valence-electron chi connectivity index (χ2n) is 5.73. The summed E-state index contributed by atoms with van der Waals surface area (Å²) >= 11 is 0. The van der Waals surface area contributed by atoms with Gasteiger partial charge in [0.1, 0.15) is 0 Å². The van der Waals surface area contributed by atoms with Crippen LogP contribution in [-0.2, 0) is 4.74 Å². The van der Waals surface area contributed by atoms with E-state index in [2.05, 4.69) is 22.0 Å². The van der Waals surface area contributed by atoms with Gasteiger partial charge in [-0.05, 0) is 18.9 Å². The molecular formula is C17H21N3O. The maximum Gasteiger partial charge on any atom is 0.293 e. The first-order valence-electron chi connectivity index (χ1n) is 7.72. The van der Waals surface area contributed by atoms with E-state index in [-0.39, 0.29) is 6.04 Å². The molecule has 1 aromatic carbocycles. The summed E-state index contributed by atoms with van der Waals surface area (Å²) in [4.78, 5) is 6.92. The highest BCUT2D eigenvalue weighted by Gasteiger charge is 2.35. The zero-order valence-electron chi connectivity index (χ0n) is 12.5. The molecule has 0 N–H and O–H groups in total. The Hall–Kier alpha value is -2.02. The van der Waals surface area contributed by atoms with E-state index >= 15 is 0 Å². The van der Waals surface area contributed by atoms with Crippen LogP contribution in [0.4, 0.5) is 5.69 Å². The van der Waals surface area contributed by atoms with Crippen molar-refractivity contribution in [3.8, 4) is 6.07 Å². The molecule has 0 spiro atoms. The molecule has 0 aromatic heterocycles. The molecular weight excluding hydrogens is 262 g/mol. The van der Waals surface area contributed by atoms with E-state index in [1.807, 2.05) is 18.2 Å². The number of aliphatic imine (C=N–C) groups is 1. The van der Waals surface area contributed by atoms with Gasteiger partial charge < -0.3 is 9.64 Å². The molecule has 0 saturated heterocycles. The van der Waals surface area contributed by atoms with Crippen LogP contribution >= 0.6 is 0 Å². The highest BCUT2D eigenvalue weighted by atomic mass is 16.5. The van der Waals surface area contributed by atoms with Gasteiger partial charge in [0.2, 0.25) is 0 Å². The molecule has 0 radical (unpaired) electrons. The Morgan fingerprint density at radius 1 is 1.29 bits per heavy atom. The molecule has 1 fully saturated rings. The first-order chi connectivity index (χ1) is 10.3. The third-order valence-electron chi connectivity index (χ3n) is 4.50. The van der Waals surface area contributed by atoms with Crippen molar-refractivity contribution in [1.82, 2.24) is 4.90 Å². The van der Waals surface area contributed by atoms with E-state index in [1.54, 1.807) is 7.11 Å². The summed E-state index contributed by atoms with van der Waals surface area (Å²) in [5, 5.41) is 9.26. The first-order valence-corrected chi connectivity index (χ1v) is 7.72. The maximum absolute atomic E-state index is 9.26. The SMILES string of the molecule is COC1=Nc2ccccc2C(CC#N)N1C1CCCCC1. The Bertz CT molecular complexity index is 570. The fourth-order valence-corrected chi connectivity index (χ4v) is 3.53. The monoisotopic (exact) mass is 283 g/mol. The van der Waals surface area contributed by atoms with Crippen molar-refractivity contribution in [2.75, 3.05) is 7.11 Å². The molecule has 1 atom stereocenters. The molecule has 4 nitrogen and oxygen atoms in total. The fraction of sp³-hybridized carbons (Fsp3) is 0.529. The van der Waals surface area contributed by atoms with Crippen molar-refractivity contribution in [1.29, 1.82) is 5.26 Å². The molecule has 1 aliphatic carbocycles. The van der Waals surface area contributed by atoms with Gasteiger partial charge in [-0.1, -0.05) is 37.5 Å². The van der Waals surface area contributed by atoms with Crippen LogP contribution in [0.5, 0.6) is 0 Å². The summed E-state index contributed by atoms with van der Waals surface area (Å²) in [6.07, 6.45) is 6.59. The van der Waals surface area contributed by atoms with Crippen LogP contribution in [-0.4, -0.2) is 24.1 Å². The van der Waals surface area contributed by atoms with Gasteiger partial charge in [0, 0.05) is 11.6 Å². The Kier molecular flexibility index (Phi) is 4.10. The number of methoxy groups -OCH3 is 1. The van der Waals surface area contributed by atoms with Crippen molar-refractivity contribution in [2.24, 2.45) is 4.99 Å². The van der Waals surface area contributed by atoms with Gasteiger partial charge in [-0.2, -0.15) is 10.3 Å². The largest absolute Gasteiger partial charge is 0.468 e. The number of hydrogen-bond acceptors (Lipinski definition) is 4. The molecule has 0 amide bonds. The lowest BCUT2D eigenvalue weighted by molar-refractivity contribution is 0.145. The average molecular weight is 283 g/mol. The Balaban J connectivity index is 2.01. The summed E-state index contributed by atoms with van der Waals surface area (Å²) < 4.78 is 5.56. The van der Waals surface area contributed by atoms with Crippen LogP contribution in [0.3, 0.4) is 0 Å². The lowest BCUT2D eigenvalue weighted by Crippen LogP contribution is -2.46. The number of benzene rings is 1. The summed E-state index contributed by atoms with van der Waals surface area (Å²) in [7, 11) is 1.67. The zero-order chi connectivity index (χ0) is 14.7. The van der Waals surface area contributed by atoms with Crippen LogP contribution in [0.25, 0.3) is 0 Å². The minimum atomic E-state index is 0.0572. The predicted octanol–water partition coefficient (Wildman–Crippen LogP) is 3.92. The van der Waals surface area contributed by atoms with E-state index in [0.29, 0.717) is 18.5 Å². The molecule has 2 aliphatic rings. The van der Waals surface area contributed by atoms with Gasteiger partial charge in [-0.15, -0.1) is 0 Å². The zero-order valence-corrected chi connectivity index (χ0v) is 12.5. The van der Waals surface area contributed by atoms with Gasteiger partial charge in [0.25, 0.3) is 6.02 Å². The lowest BCUT2D eigenvalue weighted by atomic mass is 9.90. The van der Waals surface area contributed by atoms with E-state index < -0.39 is 0 Å². The molecule has 1 heterocycles. The lowest BCUT2D eigenvalue weighted by Gasteiger charge is -2.42. The van der Waals surface area contributed by atoms with E-state index in [0.717, 1.165) is 24.1 Å². The van der Waals surface area contributed by atoms with Crippen LogP contribution in [0, 0.1) is 11.3 Å². The van der Waals surface area contributed by atoms with Crippen molar-refractivity contribution in [2.45, 2.75) is 50.6 Å². The molecule has 0 bridgehead atoms. The van der Waals surface area contributed by atoms with Gasteiger partial charge >= 0.3 is 0 Å². The Morgan fingerprint density at radius 2 is 2.05 bits per heavy atom.